The molecule has 0 aromatic carbocycles. The fraction of sp³-hybridized carbons (Fsp3) is 0.556. The SMILES string of the molecule is Nc1ccnc(N2CCC(O)[C@@H](F)C2)n1. The van der Waals surface area contributed by atoms with Gasteiger partial charge >= 0.3 is 0 Å². The van der Waals surface area contributed by atoms with E-state index in [0.29, 0.717) is 24.7 Å². The minimum absolute atomic E-state index is 0.116. The van der Waals surface area contributed by atoms with E-state index in [1.54, 1.807) is 11.0 Å². The average molecular weight is 212 g/mol. The van der Waals surface area contributed by atoms with Gasteiger partial charge in [-0.1, -0.05) is 0 Å². The molecule has 0 amide bonds. The fourth-order valence-electron chi connectivity index (χ4n) is 1.59. The highest BCUT2D eigenvalue weighted by Crippen LogP contribution is 2.18. The molecule has 0 aliphatic carbocycles. The second-order valence-corrected chi connectivity index (χ2v) is 3.60. The Balaban J connectivity index is 2.12. The summed E-state index contributed by atoms with van der Waals surface area (Å²) in [4.78, 5) is 9.70. The summed E-state index contributed by atoms with van der Waals surface area (Å²) in [6, 6.07) is 1.58. The van der Waals surface area contributed by atoms with Gasteiger partial charge in [0.1, 0.15) is 12.0 Å². The second-order valence-electron chi connectivity index (χ2n) is 3.60. The standard InChI is InChI=1S/C9H13FN4O/c10-6-5-14(4-2-7(6)15)9-12-3-1-8(11)13-9/h1,3,6-7,15H,2,4-5H2,(H2,11,12,13)/t6-,7?/m0/s1. The van der Waals surface area contributed by atoms with Crippen molar-refractivity contribution in [3.63, 3.8) is 0 Å². The van der Waals surface area contributed by atoms with E-state index >= 15 is 0 Å². The van der Waals surface area contributed by atoms with Gasteiger partial charge in [0.15, 0.2) is 0 Å². The van der Waals surface area contributed by atoms with Crippen LogP contribution in [0.1, 0.15) is 6.42 Å². The monoisotopic (exact) mass is 212 g/mol. The summed E-state index contributed by atoms with van der Waals surface area (Å²) >= 11 is 0. The molecule has 0 bridgehead atoms. The Labute approximate surface area is 86.7 Å². The summed E-state index contributed by atoms with van der Waals surface area (Å²) < 4.78 is 13.2. The zero-order valence-corrected chi connectivity index (χ0v) is 8.17. The summed E-state index contributed by atoms with van der Waals surface area (Å²) in [5.41, 5.74) is 5.51. The Hall–Kier alpha value is -1.43. The van der Waals surface area contributed by atoms with Gasteiger partial charge in [0.05, 0.1) is 12.6 Å². The number of halogens is 1. The van der Waals surface area contributed by atoms with Crippen LogP contribution in [0.25, 0.3) is 0 Å². The minimum Gasteiger partial charge on any atom is -0.390 e. The van der Waals surface area contributed by atoms with Gasteiger partial charge < -0.3 is 15.7 Å². The van der Waals surface area contributed by atoms with Crippen LogP contribution < -0.4 is 10.6 Å². The van der Waals surface area contributed by atoms with E-state index in [1.807, 2.05) is 0 Å². The fourth-order valence-corrected chi connectivity index (χ4v) is 1.59. The Morgan fingerprint density at radius 2 is 2.40 bits per heavy atom. The van der Waals surface area contributed by atoms with Crippen molar-refractivity contribution in [3.8, 4) is 0 Å². The van der Waals surface area contributed by atoms with Crippen LogP contribution in [0.2, 0.25) is 0 Å². The van der Waals surface area contributed by atoms with Gasteiger partial charge in [0, 0.05) is 12.7 Å². The van der Waals surface area contributed by atoms with Crippen LogP contribution in [-0.4, -0.2) is 40.4 Å². The summed E-state index contributed by atoms with van der Waals surface area (Å²) in [5, 5.41) is 9.23. The summed E-state index contributed by atoms with van der Waals surface area (Å²) in [5.74, 6) is 0.783. The summed E-state index contributed by atoms with van der Waals surface area (Å²) in [6.07, 6.45) is -0.194. The molecular formula is C9H13FN4O. The molecule has 1 aliphatic rings. The molecule has 2 rings (SSSR count). The smallest absolute Gasteiger partial charge is 0.227 e. The zero-order chi connectivity index (χ0) is 10.8. The van der Waals surface area contributed by atoms with Crippen molar-refractivity contribution >= 4 is 11.8 Å². The Morgan fingerprint density at radius 3 is 3.07 bits per heavy atom. The number of anilines is 2. The lowest BCUT2D eigenvalue weighted by atomic mass is 10.1. The van der Waals surface area contributed by atoms with Gasteiger partial charge in [-0.3, -0.25) is 0 Å². The number of aromatic nitrogens is 2. The molecule has 82 valence electrons. The molecule has 15 heavy (non-hydrogen) atoms. The number of nitrogens with two attached hydrogens (primary N) is 1. The molecule has 0 radical (unpaired) electrons. The van der Waals surface area contributed by atoms with E-state index in [2.05, 4.69) is 9.97 Å². The molecule has 1 fully saturated rings. The third-order valence-corrected chi connectivity index (χ3v) is 2.45. The minimum atomic E-state index is -1.25. The number of aliphatic hydroxyl groups is 1. The second kappa shape index (κ2) is 3.98. The number of hydrogen-bond donors (Lipinski definition) is 2. The van der Waals surface area contributed by atoms with Crippen LogP contribution in [0.5, 0.6) is 0 Å². The van der Waals surface area contributed by atoms with E-state index in [0.717, 1.165) is 0 Å². The van der Waals surface area contributed by atoms with Crippen LogP contribution in [0.4, 0.5) is 16.2 Å². The zero-order valence-electron chi connectivity index (χ0n) is 8.17. The lowest BCUT2D eigenvalue weighted by Crippen LogP contribution is -2.45. The predicted molar refractivity (Wildman–Crippen MR) is 54.2 cm³/mol. The van der Waals surface area contributed by atoms with Crippen LogP contribution in [0.3, 0.4) is 0 Å². The third kappa shape index (κ3) is 2.15. The summed E-state index contributed by atoms with van der Waals surface area (Å²) in [6.45, 7) is 0.662. The topological polar surface area (TPSA) is 75.3 Å². The van der Waals surface area contributed by atoms with E-state index in [4.69, 9.17) is 5.73 Å². The number of hydrogen-bond acceptors (Lipinski definition) is 5. The molecule has 1 aromatic heterocycles. The van der Waals surface area contributed by atoms with Crippen LogP contribution in [-0.2, 0) is 0 Å². The molecule has 2 atom stereocenters. The molecule has 0 saturated carbocycles. The Morgan fingerprint density at radius 1 is 1.60 bits per heavy atom. The number of alkyl halides is 1. The van der Waals surface area contributed by atoms with E-state index in [1.165, 1.54) is 6.20 Å². The van der Waals surface area contributed by atoms with Crippen molar-refractivity contribution in [3.05, 3.63) is 12.3 Å². The molecule has 6 heteroatoms. The lowest BCUT2D eigenvalue weighted by Gasteiger charge is -2.32. The van der Waals surface area contributed by atoms with Crippen molar-refractivity contribution in [1.82, 2.24) is 9.97 Å². The first-order chi connectivity index (χ1) is 7.16. The van der Waals surface area contributed by atoms with Crippen LogP contribution >= 0.6 is 0 Å². The van der Waals surface area contributed by atoms with Crippen molar-refractivity contribution in [2.75, 3.05) is 23.7 Å². The Bertz CT molecular complexity index is 349. The third-order valence-electron chi connectivity index (χ3n) is 2.45. The molecule has 1 aromatic rings. The molecule has 1 saturated heterocycles. The largest absolute Gasteiger partial charge is 0.390 e. The quantitative estimate of drug-likeness (QED) is 0.683. The maximum Gasteiger partial charge on any atom is 0.227 e. The number of aliphatic hydroxyl groups excluding tert-OH is 1. The van der Waals surface area contributed by atoms with Crippen LogP contribution in [0, 0.1) is 0 Å². The molecule has 0 spiro atoms. The highest BCUT2D eigenvalue weighted by molar-refractivity contribution is 5.38. The number of rotatable bonds is 1. The normalized spacial score (nSPS) is 26.7. The van der Waals surface area contributed by atoms with Crippen LogP contribution in [0.15, 0.2) is 12.3 Å². The molecule has 3 N–H and O–H groups in total. The van der Waals surface area contributed by atoms with Gasteiger partial charge in [0.25, 0.3) is 0 Å². The van der Waals surface area contributed by atoms with Crippen molar-refractivity contribution in [2.45, 2.75) is 18.7 Å². The van der Waals surface area contributed by atoms with E-state index in [9.17, 15) is 9.50 Å². The first-order valence-corrected chi connectivity index (χ1v) is 4.82. The van der Waals surface area contributed by atoms with Gasteiger partial charge in [0.2, 0.25) is 5.95 Å². The molecule has 1 aliphatic heterocycles. The number of piperidine rings is 1. The number of nitrogens with zero attached hydrogens (tertiary/aromatic N) is 3. The van der Waals surface area contributed by atoms with Gasteiger partial charge in [-0.25, -0.2) is 9.37 Å². The average Bonchev–Trinajstić information content (AvgIpc) is 2.22. The van der Waals surface area contributed by atoms with Gasteiger partial charge in [-0.05, 0) is 12.5 Å². The maximum atomic E-state index is 13.2. The van der Waals surface area contributed by atoms with Crippen molar-refractivity contribution in [1.29, 1.82) is 0 Å². The highest BCUT2D eigenvalue weighted by atomic mass is 19.1. The molecular weight excluding hydrogens is 199 g/mol. The van der Waals surface area contributed by atoms with Gasteiger partial charge in [-0.2, -0.15) is 4.98 Å². The summed E-state index contributed by atoms with van der Waals surface area (Å²) in [7, 11) is 0. The first-order valence-electron chi connectivity index (χ1n) is 4.82. The van der Waals surface area contributed by atoms with E-state index < -0.39 is 12.3 Å². The predicted octanol–water partition coefficient (Wildman–Crippen LogP) is -0.0321. The molecule has 1 unspecified atom stereocenters. The Kier molecular flexibility index (Phi) is 2.68. The molecule has 2 heterocycles. The van der Waals surface area contributed by atoms with E-state index in [-0.39, 0.29) is 6.54 Å². The van der Waals surface area contributed by atoms with Crippen molar-refractivity contribution in [2.24, 2.45) is 0 Å². The first kappa shape index (κ1) is 10.1. The maximum absolute atomic E-state index is 13.2. The number of nitrogen functional groups attached to an aromatic ring is 1. The highest BCUT2D eigenvalue weighted by Gasteiger charge is 2.28. The van der Waals surface area contributed by atoms with Crippen molar-refractivity contribution < 1.29 is 9.50 Å². The molecule has 5 nitrogen and oxygen atoms in total. The lowest BCUT2D eigenvalue weighted by molar-refractivity contribution is 0.0612. The van der Waals surface area contributed by atoms with Gasteiger partial charge in [-0.15, -0.1) is 0 Å².